The minimum absolute atomic E-state index is 0.261. The molecule has 1 aromatic rings. The average Bonchev–Trinajstić information content (AvgIpc) is 2.43. The Hall–Kier alpha value is -1.62. The first-order chi connectivity index (χ1) is 9.93. The van der Waals surface area contributed by atoms with Gasteiger partial charge in [0.1, 0.15) is 11.4 Å². The van der Waals surface area contributed by atoms with Crippen molar-refractivity contribution in [2.24, 2.45) is 5.92 Å². The highest BCUT2D eigenvalue weighted by molar-refractivity contribution is 5.83. The Bertz CT molecular complexity index is 497. The zero-order valence-electron chi connectivity index (χ0n) is 12.6. The molecule has 0 aliphatic carbocycles. The SMILES string of the molecule is CC(C)CN1CCC(Nc2ccccc2F)(C(=O)O)CC1. The van der Waals surface area contributed by atoms with Crippen LogP contribution in [0.5, 0.6) is 0 Å². The van der Waals surface area contributed by atoms with Gasteiger partial charge >= 0.3 is 5.97 Å². The maximum absolute atomic E-state index is 13.8. The fraction of sp³-hybridized carbons (Fsp3) is 0.562. The van der Waals surface area contributed by atoms with E-state index in [9.17, 15) is 14.3 Å². The lowest BCUT2D eigenvalue weighted by atomic mass is 9.86. The number of hydrogen-bond acceptors (Lipinski definition) is 3. The van der Waals surface area contributed by atoms with Crippen molar-refractivity contribution in [2.45, 2.75) is 32.2 Å². The highest BCUT2D eigenvalue weighted by atomic mass is 19.1. The topological polar surface area (TPSA) is 52.6 Å². The lowest BCUT2D eigenvalue weighted by Gasteiger charge is -2.40. The van der Waals surface area contributed by atoms with Crippen LogP contribution < -0.4 is 5.32 Å². The third-order valence-corrected chi connectivity index (χ3v) is 3.99. The van der Waals surface area contributed by atoms with Crippen molar-refractivity contribution in [1.29, 1.82) is 0 Å². The van der Waals surface area contributed by atoms with Gasteiger partial charge in [0.05, 0.1) is 5.69 Å². The van der Waals surface area contributed by atoms with Crippen LogP contribution in [-0.4, -0.2) is 41.1 Å². The van der Waals surface area contributed by atoms with Crippen LogP contribution >= 0.6 is 0 Å². The quantitative estimate of drug-likeness (QED) is 0.877. The summed E-state index contributed by atoms with van der Waals surface area (Å²) in [6, 6.07) is 6.22. The summed E-state index contributed by atoms with van der Waals surface area (Å²) in [5.74, 6) is -0.764. The molecule has 0 aromatic heterocycles. The number of nitrogens with one attached hydrogen (secondary N) is 1. The minimum atomic E-state index is -1.07. The molecule has 1 heterocycles. The molecule has 0 amide bonds. The van der Waals surface area contributed by atoms with E-state index in [1.54, 1.807) is 18.2 Å². The lowest BCUT2D eigenvalue weighted by Crippen LogP contribution is -2.55. The molecule has 1 aliphatic rings. The largest absolute Gasteiger partial charge is 0.480 e. The van der Waals surface area contributed by atoms with Crippen molar-refractivity contribution in [3.8, 4) is 0 Å². The predicted molar refractivity (Wildman–Crippen MR) is 80.9 cm³/mol. The summed E-state index contributed by atoms with van der Waals surface area (Å²) in [5, 5.41) is 12.5. The highest BCUT2D eigenvalue weighted by Gasteiger charge is 2.42. The van der Waals surface area contributed by atoms with E-state index in [0.29, 0.717) is 31.8 Å². The Labute approximate surface area is 125 Å². The molecular weight excluding hydrogens is 271 g/mol. The molecule has 5 heteroatoms. The van der Waals surface area contributed by atoms with Gasteiger partial charge in [-0.1, -0.05) is 26.0 Å². The second-order valence-electron chi connectivity index (χ2n) is 6.19. The van der Waals surface area contributed by atoms with Gasteiger partial charge in [0.2, 0.25) is 0 Å². The van der Waals surface area contributed by atoms with Gasteiger partial charge in [-0.05, 0) is 30.9 Å². The average molecular weight is 294 g/mol. The number of halogens is 1. The third-order valence-electron chi connectivity index (χ3n) is 3.99. The summed E-state index contributed by atoms with van der Waals surface area (Å²) >= 11 is 0. The summed E-state index contributed by atoms with van der Waals surface area (Å²) in [4.78, 5) is 14.0. The van der Waals surface area contributed by atoms with Gasteiger partial charge in [0, 0.05) is 19.6 Å². The number of likely N-dealkylation sites (tertiary alicyclic amines) is 1. The molecule has 2 rings (SSSR count). The normalized spacial score (nSPS) is 18.7. The van der Waals surface area contributed by atoms with E-state index < -0.39 is 17.3 Å². The Balaban J connectivity index is 2.10. The third kappa shape index (κ3) is 3.73. The van der Waals surface area contributed by atoms with Crippen LogP contribution in [0.4, 0.5) is 10.1 Å². The van der Waals surface area contributed by atoms with E-state index in [-0.39, 0.29) is 5.69 Å². The number of hydrogen-bond donors (Lipinski definition) is 2. The van der Waals surface area contributed by atoms with E-state index in [1.165, 1.54) is 6.07 Å². The van der Waals surface area contributed by atoms with Crippen molar-refractivity contribution in [1.82, 2.24) is 4.90 Å². The summed E-state index contributed by atoms with van der Waals surface area (Å²) in [6.07, 6.45) is 0.951. The lowest BCUT2D eigenvalue weighted by molar-refractivity contribution is -0.144. The number of carboxylic acids is 1. The first kappa shape index (κ1) is 15.8. The van der Waals surface area contributed by atoms with E-state index >= 15 is 0 Å². The highest BCUT2D eigenvalue weighted by Crippen LogP contribution is 2.29. The van der Waals surface area contributed by atoms with Crippen LogP contribution in [0.2, 0.25) is 0 Å². The van der Waals surface area contributed by atoms with Gasteiger partial charge in [-0.15, -0.1) is 0 Å². The molecule has 2 N–H and O–H groups in total. The number of carboxylic acid groups (broad SMARTS) is 1. The molecule has 4 nitrogen and oxygen atoms in total. The maximum Gasteiger partial charge on any atom is 0.329 e. The van der Waals surface area contributed by atoms with Gasteiger partial charge < -0.3 is 15.3 Å². The van der Waals surface area contributed by atoms with Crippen LogP contribution in [0.1, 0.15) is 26.7 Å². The van der Waals surface area contributed by atoms with Gasteiger partial charge in [-0.25, -0.2) is 9.18 Å². The molecule has 0 bridgehead atoms. The Morgan fingerprint density at radius 1 is 1.38 bits per heavy atom. The number of nitrogens with zero attached hydrogens (tertiary/aromatic N) is 1. The number of para-hydroxylation sites is 1. The smallest absolute Gasteiger partial charge is 0.329 e. The Morgan fingerprint density at radius 3 is 2.52 bits per heavy atom. The van der Waals surface area contributed by atoms with Crippen LogP contribution in [0.25, 0.3) is 0 Å². The summed E-state index contributed by atoms with van der Waals surface area (Å²) in [6.45, 7) is 6.69. The maximum atomic E-state index is 13.8. The second-order valence-corrected chi connectivity index (χ2v) is 6.19. The van der Waals surface area contributed by atoms with E-state index in [0.717, 1.165) is 6.54 Å². The first-order valence-electron chi connectivity index (χ1n) is 7.41. The fourth-order valence-electron chi connectivity index (χ4n) is 2.85. The van der Waals surface area contributed by atoms with Crippen LogP contribution in [0, 0.1) is 11.7 Å². The second kappa shape index (κ2) is 6.43. The van der Waals surface area contributed by atoms with Crippen LogP contribution in [-0.2, 0) is 4.79 Å². The Morgan fingerprint density at radius 2 is 2.00 bits per heavy atom. The Kier molecular flexibility index (Phi) is 4.83. The molecule has 0 spiro atoms. The molecule has 0 saturated carbocycles. The standard InChI is InChI=1S/C16H23FN2O2/c1-12(2)11-19-9-7-16(8-10-19,15(20)21)18-14-6-4-3-5-13(14)17/h3-6,12,18H,7-11H2,1-2H3,(H,20,21). The molecule has 21 heavy (non-hydrogen) atoms. The van der Waals surface area contributed by atoms with Gasteiger partial charge in [0.15, 0.2) is 0 Å². The van der Waals surface area contributed by atoms with Crippen molar-refractivity contribution in [3.05, 3.63) is 30.1 Å². The summed E-state index contributed by atoms with van der Waals surface area (Å²) < 4.78 is 13.8. The van der Waals surface area contributed by atoms with Gasteiger partial charge in [-0.2, -0.15) is 0 Å². The molecule has 116 valence electrons. The zero-order valence-corrected chi connectivity index (χ0v) is 12.6. The van der Waals surface area contributed by atoms with Gasteiger partial charge in [-0.3, -0.25) is 0 Å². The number of benzene rings is 1. The molecule has 1 fully saturated rings. The molecule has 1 saturated heterocycles. The van der Waals surface area contributed by atoms with Crippen molar-refractivity contribution >= 4 is 11.7 Å². The van der Waals surface area contributed by atoms with Crippen LogP contribution in [0.3, 0.4) is 0 Å². The molecule has 0 radical (unpaired) electrons. The molecule has 0 unspecified atom stereocenters. The summed E-state index contributed by atoms with van der Waals surface area (Å²) in [5.41, 5.74) is -0.812. The van der Waals surface area contributed by atoms with Crippen LogP contribution in [0.15, 0.2) is 24.3 Å². The fourth-order valence-corrected chi connectivity index (χ4v) is 2.85. The van der Waals surface area contributed by atoms with E-state index in [4.69, 9.17) is 0 Å². The number of anilines is 1. The molecule has 0 atom stereocenters. The summed E-state index contributed by atoms with van der Waals surface area (Å²) in [7, 11) is 0. The number of aliphatic carboxylic acids is 1. The molecular formula is C16H23FN2O2. The zero-order chi connectivity index (χ0) is 15.5. The van der Waals surface area contributed by atoms with Crippen molar-refractivity contribution in [3.63, 3.8) is 0 Å². The van der Waals surface area contributed by atoms with Gasteiger partial charge in [0.25, 0.3) is 0 Å². The molecule has 1 aromatic carbocycles. The monoisotopic (exact) mass is 294 g/mol. The number of carbonyl (C=O) groups is 1. The minimum Gasteiger partial charge on any atom is -0.480 e. The first-order valence-corrected chi connectivity index (χ1v) is 7.41. The van der Waals surface area contributed by atoms with E-state index in [1.807, 2.05) is 0 Å². The van der Waals surface area contributed by atoms with Crippen molar-refractivity contribution in [2.75, 3.05) is 25.0 Å². The molecule has 1 aliphatic heterocycles. The van der Waals surface area contributed by atoms with E-state index in [2.05, 4.69) is 24.1 Å². The van der Waals surface area contributed by atoms with Crippen molar-refractivity contribution < 1.29 is 14.3 Å². The number of piperidine rings is 1. The predicted octanol–water partition coefficient (Wildman–Crippen LogP) is 2.81. The number of rotatable bonds is 5.